The molecule has 1 aromatic heterocycles. The normalized spacial score (nSPS) is 10.3. The van der Waals surface area contributed by atoms with E-state index in [1.54, 1.807) is 12.3 Å². The molecule has 0 bridgehead atoms. The van der Waals surface area contributed by atoms with Crippen LogP contribution >= 0.6 is 15.9 Å². The fourth-order valence-corrected chi connectivity index (χ4v) is 1.69. The van der Waals surface area contributed by atoms with Gasteiger partial charge in [-0.1, -0.05) is 6.07 Å². The van der Waals surface area contributed by atoms with E-state index in [1.165, 1.54) is 6.07 Å². The Kier molecular flexibility index (Phi) is 3.68. The molecular weight excluding hydrogens is 290 g/mol. The van der Waals surface area contributed by atoms with Gasteiger partial charge in [0.25, 0.3) is 0 Å². The molecule has 0 saturated carbocycles. The molecule has 0 fully saturated rings. The highest BCUT2D eigenvalue weighted by Gasteiger charge is 2.07. The fourth-order valence-electron chi connectivity index (χ4n) is 1.35. The van der Waals surface area contributed by atoms with Crippen LogP contribution in [0.15, 0.2) is 41.0 Å². The van der Waals surface area contributed by atoms with Gasteiger partial charge in [-0.2, -0.15) is 0 Å². The first-order chi connectivity index (χ1) is 8.16. The second-order valence-corrected chi connectivity index (χ2v) is 4.28. The van der Waals surface area contributed by atoms with E-state index in [-0.39, 0.29) is 10.2 Å². The van der Waals surface area contributed by atoms with Crippen LogP contribution in [0, 0.1) is 11.6 Å². The van der Waals surface area contributed by atoms with Gasteiger partial charge in [0.05, 0.1) is 22.4 Å². The maximum atomic E-state index is 13.4. The molecule has 88 valence electrons. The van der Waals surface area contributed by atoms with E-state index in [9.17, 15) is 8.78 Å². The molecule has 0 aliphatic rings. The summed E-state index contributed by atoms with van der Waals surface area (Å²) in [6, 6.07) is 7.68. The van der Waals surface area contributed by atoms with Gasteiger partial charge < -0.3 is 5.32 Å². The molecule has 1 heterocycles. The van der Waals surface area contributed by atoms with Crippen molar-refractivity contribution < 1.29 is 8.78 Å². The maximum absolute atomic E-state index is 13.4. The molecule has 0 unspecified atom stereocenters. The summed E-state index contributed by atoms with van der Waals surface area (Å²) < 4.78 is 26.6. The third kappa shape index (κ3) is 3.00. The minimum atomic E-state index is -0.623. The summed E-state index contributed by atoms with van der Waals surface area (Å²) in [6.07, 6.45) is 1.66. The molecule has 0 radical (unpaired) electrons. The van der Waals surface area contributed by atoms with Gasteiger partial charge in [-0.25, -0.2) is 8.78 Å². The Hall–Kier alpha value is -1.49. The zero-order valence-corrected chi connectivity index (χ0v) is 10.3. The molecule has 2 aromatic rings. The van der Waals surface area contributed by atoms with Crippen LogP contribution in [0.5, 0.6) is 0 Å². The van der Waals surface area contributed by atoms with Crippen LogP contribution in [0.4, 0.5) is 14.5 Å². The smallest absolute Gasteiger partial charge is 0.149 e. The Balaban J connectivity index is 2.12. The lowest BCUT2D eigenvalue weighted by atomic mass is 10.3. The summed E-state index contributed by atoms with van der Waals surface area (Å²) in [6.45, 7) is 0.385. The van der Waals surface area contributed by atoms with Crippen molar-refractivity contribution >= 4 is 21.6 Å². The van der Waals surface area contributed by atoms with Gasteiger partial charge in [0.15, 0.2) is 0 Å². The first-order valence-corrected chi connectivity index (χ1v) is 5.74. The number of nitrogens with one attached hydrogen (secondary N) is 1. The average Bonchev–Trinajstić information content (AvgIpc) is 2.33. The van der Waals surface area contributed by atoms with Crippen molar-refractivity contribution in [1.29, 1.82) is 0 Å². The second-order valence-electron chi connectivity index (χ2n) is 3.42. The number of aromatic nitrogens is 1. The topological polar surface area (TPSA) is 24.9 Å². The SMILES string of the molecule is Fc1cc(F)c(NCc2ccccn2)cc1Br. The summed E-state index contributed by atoms with van der Waals surface area (Å²) in [4.78, 5) is 4.09. The van der Waals surface area contributed by atoms with Gasteiger partial charge in [-0.05, 0) is 34.1 Å². The molecule has 0 aliphatic heterocycles. The van der Waals surface area contributed by atoms with Gasteiger partial charge in [0, 0.05) is 12.3 Å². The lowest BCUT2D eigenvalue weighted by Gasteiger charge is -2.08. The minimum Gasteiger partial charge on any atom is -0.377 e. The van der Waals surface area contributed by atoms with Crippen LogP contribution in [0.25, 0.3) is 0 Å². The van der Waals surface area contributed by atoms with Crippen molar-refractivity contribution in [3.8, 4) is 0 Å². The molecule has 0 aliphatic carbocycles. The first kappa shape index (κ1) is 12.0. The molecule has 1 N–H and O–H groups in total. The van der Waals surface area contributed by atoms with Crippen LogP contribution in [0.1, 0.15) is 5.69 Å². The van der Waals surface area contributed by atoms with Gasteiger partial charge in [-0.3, -0.25) is 4.98 Å². The zero-order valence-electron chi connectivity index (χ0n) is 8.75. The number of anilines is 1. The standard InChI is InChI=1S/C12H9BrF2N2/c13-9-5-12(11(15)6-10(9)14)17-7-8-3-1-2-4-16-8/h1-6,17H,7H2. The second kappa shape index (κ2) is 5.23. The number of pyridine rings is 1. The van der Waals surface area contributed by atoms with Gasteiger partial charge >= 0.3 is 0 Å². The minimum absolute atomic E-state index is 0.224. The quantitative estimate of drug-likeness (QED) is 0.873. The van der Waals surface area contributed by atoms with Crippen molar-refractivity contribution in [3.63, 3.8) is 0 Å². The number of hydrogen-bond acceptors (Lipinski definition) is 2. The van der Waals surface area contributed by atoms with E-state index in [1.807, 2.05) is 12.1 Å². The lowest BCUT2D eigenvalue weighted by molar-refractivity contribution is 0.580. The molecule has 17 heavy (non-hydrogen) atoms. The van der Waals surface area contributed by atoms with Crippen molar-refractivity contribution in [3.05, 3.63) is 58.3 Å². The largest absolute Gasteiger partial charge is 0.377 e. The van der Waals surface area contributed by atoms with Crippen molar-refractivity contribution in [2.75, 3.05) is 5.32 Å². The number of nitrogens with zero attached hydrogens (tertiary/aromatic N) is 1. The Bertz CT molecular complexity index is 517. The van der Waals surface area contributed by atoms with Crippen molar-refractivity contribution in [2.45, 2.75) is 6.54 Å². The highest BCUT2D eigenvalue weighted by molar-refractivity contribution is 9.10. The van der Waals surface area contributed by atoms with Gasteiger partial charge in [0.1, 0.15) is 11.6 Å². The molecule has 0 atom stereocenters. The van der Waals surface area contributed by atoms with E-state index in [4.69, 9.17) is 0 Å². The molecule has 0 amide bonds. The van der Waals surface area contributed by atoms with E-state index in [0.29, 0.717) is 6.54 Å². The third-order valence-corrected chi connectivity index (χ3v) is 2.80. The molecular formula is C12H9BrF2N2. The molecule has 2 nitrogen and oxygen atoms in total. The summed E-state index contributed by atoms with van der Waals surface area (Å²) in [5.74, 6) is -1.24. The average molecular weight is 299 g/mol. The summed E-state index contributed by atoms with van der Waals surface area (Å²) in [7, 11) is 0. The predicted molar refractivity (Wildman–Crippen MR) is 65.6 cm³/mol. The lowest BCUT2D eigenvalue weighted by Crippen LogP contribution is -2.03. The highest BCUT2D eigenvalue weighted by atomic mass is 79.9. The van der Waals surface area contributed by atoms with Crippen LogP contribution < -0.4 is 5.32 Å². The van der Waals surface area contributed by atoms with E-state index in [0.717, 1.165) is 11.8 Å². The van der Waals surface area contributed by atoms with E-state index >= 15 is 0 Å². The first-order valence-electron chi connectivity index (χ1n) is 4.95. The van der Waals surface area contributed by atoms with Crippen molar-refractivity contribution in [1.82, 2.24) is 4.98 Å². The van der Waals surface area contributed by atoms with E-state index in [2.05, 4.69) is 26.2 Å². The Labute approximate surface area is 106 Å². The Morgan fingerprint density at radius 2 is 2.00 bits per heavy atom. The number of hydrogen-bond donors (Lipinski definition) is 1. The molecule has 5 heteroatoms. The van der Waals surface area contributed by atoms with Crippen molar-refractivity contribution in [2.24, 2.45) is 0 Å². The third-order valence-electron chi connectivity index (χ3n) is 2.20. The van der Waals surface area contributed by atoms with Gasteiger partial charge in [0.2, 0.25) is 0 Å². The Morgan fingerprint density at radius 3 is 2.71 bits per heavy atom. The maximum Gasteiger partial charge on any atom is 0.149 e. The van der Waals surface area contributed by atoms with Crippen LogP contribution in [-0.4, -0.2) is 4.98 Å². The zero-order chi connectivity index (χ0) is 12.3. The predicted octanol–water partition coefficient (Wildman–Crippen LogP) is 3.73. The summed E-state index contributed by atoms with van der Waals surface area (Å²) >= 11 is 3.01. The van der Waals surface area contributed by atoms with Gasteiger partial charge in [-0.15, -0.1) is 0 Å². The Morgan fingerprint density at radius 1 is 1.18 bits per heavy atom. The molecule has 0 spiro atoms. The summed E-state index contributed by atoms with van der Waals surface area (Å²) in [5, 5.41) is 2.86. The molecule has 1 aromatic carbocycles. The fraction of sp³-hybridized carbons (Fsp3) is 0.0833. The molecule has 0 saturated heterocycles. The van der Waals surface area contributed by atoms with E-state index < -0.39 is 11.6 Å². The van der Waals surface area contributed by atoms with Crippen LogP contribution in [0.2, 0.25) is 0 Å². The number of halogens is 3. The van der Waals surface area contributed by atoms with Crippen LogP contribution in [0.3, 0.4) is 0 Å². The summed E-state index contributed by atoms with van der Waals surface area (Å²) in [5.41, 5.74) is 1.02. The van der Waals surface area contributed by atoms with Crippen LogP contribution in [-0.2, 0) is 6.54 Å². The molecule has 2 rings (SSSR count). The number of rotatable bonds is 3. The highest BCUT2D eigenvalue weighted by Crippen LogP contribution is 2.23. The monoisotopic (exact) mass is 298 g/mol. The number of benzene rings is 1.